The number of ether oxygens (including phenoxy) is 6. The van der Waals surface area contributed by atoms with E-state index in [4.69, 9.17) is 28.4 Å². The molecule has 0 radical (unpaired) electrons. The topological polar surface area (TPSA) is 211 Å². The number of rotatable bonds is 14. The van der Waals surface area contributed by atoms with E-state index in [0.717, 1.165) is 11.1 Å². The standard InChI is InChI=1S/C56H94FN5O12Si/c1-18-45-56(10,68)49(64)37(6)61(12)31-33(2)28-54(8,67)51(35(4)46(36(5)52(66)73-45)44-29-55(9,70-14)50(65)38(7)72-44)74-53-47(63)42(27-34(3)71-53)60(11)25-23-41-32-62(59-58-41)43(30-57)48(69-13)40-21-19-39(20-22-40)24-26-75(15,16)17/h19-22,32-38,42-51,53,63-65,67-68H,18,23,25,27-31H2,1-17H3/t33-,34-,35+,36-,37-,38+,42+,43-,44?,45-,46+,47-,48-,49-,50+,51-,53+,54-,55-,56-/m1/s1. The fourth-order valence-corrected chi connectivity index (χ4v) is 12.6. The average Bonchev–Trinajstić information content (AvgIpc) is 3.82. The second-order valence-corrected chi connectivity index (χ2v) is 29.0. The molecule has 1 aromatic carbocycles. The molecule has 5 rings (SSSR count). The summed E-state index contributed by atoms with van der Waals surface area (Å²) in [6.45, 7) is 24.5. The summed E-state index contributed by atoms with van der Waals surface area (Å²) in [5.41, 5.74) is 1.16. The number of likely N-dealkylation sites (N-methyl/N-ethyl adjacent to an activating group) is 2. The summed E-state index contributed by atoms with van der Waals surface area (Å²) in [6.07, 6.45) is -6.18. The second-order valence-electron chi connectivity index (χ2n) is 24.2. The third-order valence-electron chi connectivity index (χ3n) is 16.7. The number of carbonyl (C=O) groups is 1. The Kier molecular flexibility index (Phi) is 21.7. The molecule has 0 amide bonds. The number of benzene rings is 1. The van der Waals surface area contributed by atoms with Gasteiger partial charge in [-0.15, -0.1) is 10.6 Å². The summed E-state index contributed by atoms with van der Waals surface area (Å²) < 4.78 is 54.5. The Hall–Kier alpha value is -2.94. The van der Waals surface area contributed by atoms with Crippen LogP contribution in [-0.4, -0.2) is 196 Å². The van der Waals surface area contributed by atoms with Crippen LogP contribution in [0.4, 0.5) is 4.39 Å². The van der Waals surface area contributed by atoms with Gasteiger partial charge in [0.25, 0.3) is 0 Å². The Balaban J connectivity index is 1.44. The van der Waals surface area contributed by atoms with Crippen LogP contribution in [0.3, 0.4) is 0 Å². The Morgan fingerprint density at radius 1 is 0.987 bits per heavy atom. The summed E-state index contributed by atoms with van der Waals surface area (Å²) in [6, 6.07) is 5.85. The number of halogens is 1. The number of hydrogen-bond acceptors (Lipinski definition) is 16. The monoisotopic (exact) mass is 1080 g/mol. The summed E-state index contributed by atoms with van der Waals surface area (Å²) in [5, 5.41) is 69.0. The fourth-order valence-electron chi connectivity index (χ4n) is 12.1. The van der Waals surface area contributed by atoms with Gasteiger partial charge in [-0.2, -0.15) is 0 Å². The van der Waals surface area contributed by atoms with Gasteiger partial charge in [0.15, 0.2) is 6.29 Å². The first kappa shape index (κ1) is 62.9. The highest BCUT2D eigenvalue weighted by molar-refractivity contribution is 6.83. The minimum atomic E-state index is -1.83. The average molecular weight is 1080 g/mol. The lowest BCUT2D eigenvalue weighted by Gasteiger charge is -2.51. The molecule has 17 nitrogen and oxygen atoms in total. The van der Waals surface area contributed by atoms with Crippen LogP contribution in [0.2, 0.25) is 19.6 Å². The third kappa shape index (κ3) is 15.0. The van der Waals surface area contributed by atoms with Crippen LogP contribution < -0.4 is 0 Å². The van der Waals surface area contributed by atoms with Gasteiger partial charge in [0.2, 0.25) is 0 Å². The molecule has 20 atom stereocenters. The molecule has 0 bridgehead atoms. The molecule has 1 unspecified atom stereocenters. The predicted molar refractivity (Wildman–Crippen MR) is 287 cm³/mol. The highest BCUT2D eigenvalue weighted by atomic mass is 28.3. The van der Waals surface area contributed by atoms with Crippen molar-refractivity contribution in [2.24, 2.45) is 23.7 Å². The fraction of sp³-hybridized carbons (Fsp3) is 0.804. The quantitative estimate of drug-likeness (QED) is 0.0898. The Labute approximate surface area is 448 Å². The van der Waals surface area contributed by atoms with Crippen molar-refractivity contribution in [1.82, 2.24) is 24.8 Å². The highest BCUT2D eigenvalue weighted by Crippen LogP contribution is 2.45. The number of aliphatic hydroxyl groups is 5. The van der Waals surface area contributed by atoms with E-state index < -0.39 is 129 Å². The molecule has 75 heavy (non-hydrogen) atoms. The van der Waals surface area contributed by atoms with Crippen LogP contribution in [0.1, 0.15) is 124 Å². The van der Waals surface area contributed by atoms with Crippen LogP contribution in [0.25, 0.3) is 0 Å². The number of carbonyl (C=O) groups excluding carboxylic acids is 1. The maximum absolute atomic E-state index is 14.9. The number of nitrogens with zero attached hydrogens (tertiary/aromatic N) is 5. The van der Waals surface area contributed by atoms with Gasteiger partial charge in [-0.1, -0.05) is 70.6 Å². The van der Waals surface area contributed by atoms with Crippen LogP contribution in [-0.2, 0) is 39.6 Å². The molecular weight excluding hydrogens is 982 g/mol. The molecule has 19 heteroatoms. The smallest absolute Gasteiger partial charge is 0.309 e. The van der Waals surface area contributed by atoms with Gasteiger partial charge < -0.3 is 63.8 Å². The SMILES string of the molecule is CC[C@H]1OC(=O)[C@H](C)[C@@H](C2C[C@@](C)(OC)[C@@H](O)[C@H](C)O2)[C@H](C)[C@@H](O[C@@H]2O[C@H](C)C[C@H](N(C)CCc3cn([C@H](CF)[C@H](OC)c4ccc(C#C[Si](C)(C)C)cc4)nn3)[C@H]2O)[C@](C)(O)C[C@@H](C)CN(C)[C@H](C)[C@@H](O)[C@]1(C)O. The van der Waals surface area contributed by atoms with Crippen LogP contribution >= 0.6 is 0 Å². The number of aromatic nitrogens is 3. The van der Waals surface area contributed by atoms with Crippen LogP contribution in [0.15, 0.2) is 30.5 Å². The van der Waals surface area contributed by atoms with Crippen molar-refractivity contribution in [2.75, 3.05) is 48.1 Å². The lowest BCUT2D eigenvalue weighted by Crippen LogP contribution is -2.62. The first-order chi connectivity index (χ1) is 34.9. The van der Waals surface area contributed by atoms with E-state index in [0.29, 0.717) is 31.6 Å². The van der Waals surface area contributed by atoms with Crippen molar-refractivity contribution in [2.45, 2.75) is 217 Å². The highest BCUT2D eigenvalue weighted by Gasteiger charge is 2.55. The number of hydrogen-bond donors (Lipinski definition) is 5. The first-order valence-corrected chi connectivity index (χ1v) is 30.7. The van der Waals surface area contributed by atoms with Gasteiger partial charge in [-0.3, -0.25) is 4.79 Å². The van der Waals surface area contributed by atoms with Gasteiger partial charge in [0, 0.05) is 69.9 Å². The van der Waals surface area contributed by atoms with E-state index >= 15 is 0 Å². The molecule has 3 aliphatic rings. The molecule has 2 aromatic rings. The largest absolute Gasteiger partial charge is 0.459 e. The van der Waals surface area contributed by atoms with E-state index in [9.17, 15) is 34.7 Å². The minimum Gasteiger partial charge on any atom is -0.459 e. The lowest BCUT2D eigenvalue weighted by molar-refractivity contribution is -0.302. The van der Waals surface area contributed by atoms with E-state index in [2.05, 4.69) is 41.4 Å². The van der Waals surface area contributed by atoms with Crippen molar-refractivity contribution >= 4 is 14.0 Å². The van der Waals surface area contributed by atoms with Crippen molar-refractivity contribution < 1.29 is 63.1 Å². The Morgan fingerprint density at radius 2 is 1.64 bits per heavy atom. The molecule has 0 saturated carbocycles. The third-order valence-corrected chi connectivity index (χ3v) is 17.5. The zero-order valence-corrected chi connectivity index (χ0v) is 49.1. The Bertz CT molecular complexity index is 2190. The number of esters is 1. The predicted octanol–water partition coefficient (Wildman–Crippen LogP) is 5.51. The second kappa shape index (κ2) is 25.9. The maximum Gasteiger partial charge on any atom is 0.309 e. The number of methoxy groups -OCH3 is 2. The molecule has 3 fully saturated rings. The molecule has 0 spiro atoms. The zero-order valence-electron chi connectivity index (χ0n) is 48.1. The zero-order chi connectivity index (χ0) is 56.1. The van der Waals surface area contributed by atoms with Crippen molar-refractivity contribution in [3.8, 4) is 11.5 Å². The van der Waals surface area contributed by atoms with Gasteiger partial charge in [0.1, 0.15) is 56.9 Å². The number of alkyl halides is 1. The van der Waals surface area contributed by atoms with Gasteiger partial charge in [0.05, 0.1) is 47.2 Å². The molecule has 426 valence electrons. The molecule has 5 N–H and O–H groups in total. The Morgan fingerprint density at radius 3 is 2.23 bits per heavy atom. The summed E-state index contributed by atoms with van der Waals surface area (Å²) in [4.78, 5) is 18.6. The maximum atomic E-state index is 14.9. The van der Waals surface area contributed by atoms with Gasteiger partial charge in [-0.25, -0.2) is 9.07 Å². The summed E-state index contributed by atoms with van der Waals surface area (Å²) in [5.74, 6) is 0.0110. The van der Waals surface area contributed by atoms with E-state index in [1.807, 2.05) is 68.9 Å². The molecule has 3 saturated heterocycles. The molecule has 0 aliphatic carbocycles. The molecule has 1 aromatic heterocycles. The lowest BCUT2D eigenvalue weighted by atomic mass is 9.68. The molecule has 3 aliphatic heterocycles. The summed E-state index contributed by atoms with van der Waals surface area (Å²) >= 11 is 0. The van der Waals surface area contributed by atoms with Gasteiger partial charge >= 0.3 is 5.97 Å². The van der Waals surface area contributed by atoms with E-state index in [1.54, 1.807) is 54.8 Å². The van der Waals surface area contributed by atoms with Crippen LogP contribution in [0, 0.1) is 35.1 Å². The van der Waals surface area contributed by atoms with E-state index in [1.165, 1.54) is 18.7 Å². The normalized spacial score (nSPS) is 38.9. The van der Waals surface area contributed by atoms with Crippen molar-refractivity contribution in [1.29, 1.82) is 0 Å². The summed E-state index contributed by atoms with van der Waals surface area (Å²) in [7, 11) is 5.26. The minimum absolute atomic E-state index is 0.174. The number of cyclic esters (lactones) is 1. The van der Waals surface area contributed by atoms with E-state index in [-0.39, 0.29) is 31.3 Å². The van der Waals surface area contributed by atoms with Gasteiger partial charge in [-0.05, 0) is 104 Å². The van der Waals surface area contributed by atoms with Crippen LogP contribution in [0.5, 0.6) is 0 Å². The first-order valence-electron chi connectivity index (χ1n) is 27.2. The number of aliphatic hydroxyl groups excluding tert-OH is 3. The van der Waals surface area contributed by atoms with Crippen molar-refractivity contribution in [3.63, 3.8) is 0 Å². The molecule has 4 heterocycles. The van der Waals surface area contributed by atoms with Crippen molar-refractivity contribution in [3.05, 3.63) is 47.3 Å². The molecular formula is C56H94FN5O12Si.